The van der Waals surface area contributed by atoms with E-state index in [2.05, 4.69) is 0 Å². The second-order valence-electron chi connectivity index (χ2n) is 8.61. The van der Waals surface area contributed by atoms with Crippen LogP contribution < -0.4 is 10.4 Å². The van der Waals surface area contributed by atoms with Gasteiger partial charge in [-0.2, -0.15) is 0 Å². The molecule has 3 aromatic rings. The first-order valence-electron chi connectivity index (χ1n) is 12.3. The van der Waals surface area contributed by atoms with Gasteiger partial charge in [0.1, 0.15) is 18.5 Å². The second kappa shape index (κ2) is 14.5. The minimum Gasteiger partial charge on any atom is -0.546 e. The monoisotopic (exact) mass is 553 g/mol. The molecule has 0 fully saturated rings. The number of ether oxygens (including phenoxy) is 3. The summed E-state index contributed by atoms with van der Waals surface area (Å²) < 4.78 is 28.5. The molecule has 0 aliphatic carbocycles. The standard InChI is InChI=1S/C18H14O8.C11H14FNO/c19-15(20)13(25-17(23)11-7-3-1-4-8-11)14(16(21)22)26-18(24)12-9-5-2-6-10-12;1-13-7-10-11-8(5-6-14-10)3-2-4-9(11)12/h1-10,13-14H,(H,19,20)(H,21,22);2-4,10,13H,5-7H2,1H3/t13-,14-;10-/m10/s1. The molecule has 3 aromatic carbocycles. The highest BCUT2D eigenvalue weighted by atomic mass is 19.1. The van der Waals surface area contributed by atoms with Gasteiger partial charge in [0.15, 0.2) is 6.10 Å². The molecule has 0 unspecified atom stereocenters. The van der Waals surface area contributed by atoms with Crippen molar-refractivity contribution in [2.24, 2.45) is 0 Å². The summed E-state index contributed by atoms with van der Waals surface area (Å²) in [5, 5.41) is 22.5. The Labute approximate surface area is 229 Å². The lowest BCUT2D eigenvalue weighted by atomic mass is 9.97. The van der Waals surface area contributed by atoms with Gasteiger partial charge in [0.2, 0.25) is 6.10 Å². The van der Waals surface area contributed by atoms with Gasteiger partial charge in [-0.05, 0) is 42.3 Å². The molecule has 3 atom stereocenters. The molecule has 1 aliphatic heterocycles. The van der Waals surface area contributed by atoms with E-state index < -0.39 is 36.1 Å². The van der Waals surface area contributed by atoms with Gasteiger partial charge in [0.05, 0.1) is 30.8 Å². The number of aliphatic carboxylic acids is 2. The van der Waals surface area contributed by atoms with E-state index in [-0.39, 0.29) is 23.0 Å². The number of rotatable bonds is 9. The minimum atomic E-state index is -2.33. The van der Waals surface area contributed by atoms with Crippen molar-refractivity contribution in [1.29, 1.82) is 0 Å². The normalized spacial score (nSPS) is 15.3. The number of carboxylic acids is 2. The number of fused-ring (bicyclic) bond motifs is 1. The highest BCUT2D eigenvalue weighted by Gasteiger charge is 2.36. The molecule has 4 rings (SSSR count). The summed E-state index contributed by atoms with van der Waals surface area (Å²) in [5.74, 6) is -6.12. The number of carbonyl (C=O) groups excluding carboxylic acids is 3. The van der Waals surface area contributed by atoms with Gasteiger partial charge in [-0.15, -0.1) is 0 Å². The van der Waals surface area contributed by atoms with E-state index in [1.54, 1.807) is 18.2 Å². The van der Waals surface area contributed by atoms with Crippen LogP contribution in [0, 0.1) is 5.82 Å². The van der Waals surface area contributed by atoms with Crippen LogP contribution in [0.1, 0.15) is 37.9 Å². The number of esters is 2. The van der Waals surface area contributed by atoms with Crippen LogP contribution in [0.5, 0.6) is 0 Å². The van der Waals surface area contributed by atoms with Crippen molar-refractivity contribution >= 4 is 23.9 Å². The van der Waals surface area contributed by atoms with Gasteiger partial charge >= 0.3 is 17.9 Å². The summed E-state index contributed by atoms with van der Waals surface area (Å²) in [7, 11) is 1.97. The summed E-state index contributed by atoms with van der Waals surface area (Å²) in [6, 6.07) is 20.0. The summed E-state index contributed by atoms with van der Waals surface area (Å²) in [4.78, 5) is 46.7. The maximum absolute atomic E-state index is 13.6. The highest BCUT2D eigenvalue weighted by molar-refractivity contribution is 5.95. The van der Waals surface area contributed by atoms with Crippen molar-refractivity contribution in [2.75, 3.05) is 20.2 Å². The van der Waals surface area contributed by atoms with Gasteiger partial charge < -0.3 is 34.5 Å². The number of hydrogen-bond acceptors (Lipinski definition) is 8. The van der Waals surface area contributed by atoms with Crippen molar-refractivity contribution in [2.45, 2.75) is 24.7 Å². The fourth-order valence-electron chi connectivity index (χ4n) is 3.95. The number of carbonyl (C=O) groups is 4. The quantitative estimate of drug-likeness (QED) is 0.368. The SMILES string of the molecule is C[NH2+]C[C@@H]1OCCc2cccc(F)c21.O=C(O[C@@H](C(=O)[O-])[C@@H](OC(=O)c1ccccc1)C(=O)O)c1ccccc1. The Kier molecular flexibility index (Phi) is 10.9. The summed E-state index contributed by atoms with van der Waals surface area (Å²) >= 11 is 0. The van der Waals surface area contributed by atoms with E-state index in [1.807, 2.05) is 18.4 Å². The topological polar surface area (TPSA) is 156 Å². The number of hydrogen-bond donors (Lipinski definition) is 2. The molecule has 0 aromatic heterocycles. The summed E-state index contributed by atoms with van der Waals surface area (Å²) in [5.41, 5.74) is 1.86. The van der Waals surface area contributed by atoms with Crippen LogP contribution >= 0.6 is 0 Å². The molecular weight excluding hydrogens is 525 g/mol. The number of nitrogens with two attached hydrogens (primary N) is 1. The lowest BCUT2D eigenvalue weighted by Gasteiger charge is -2.24. The molecule has 11 heteroatoms. The van der Waals surface area contributed by atoms with E-state index in [0.717, 1.165) is 24.1 Å². The molecule has 1 aliphatic rings. The third kappa shape index (κ3) is 7.95. The zero-order valence-corrected chi connectivity index (χ0v) is 21.5. The molecule has 0 bridgehead atoms. The molecule has 0 saturated carbocycles. The Balaban J connectivity index is 0.000000263. The lowest BCUT2D eigenvalue weighted by Crippen LogP contribution is -2.81. The number of likely N-dealkylation sites (N-methyl/N-ethyl adjacent to an activating group) is 1. The largest absolute Gasteiger partial charge is 0.546 e. The zero-order valence-electron chi connectivity index (χ0n) is 21.5. The molecule has 10 nitrogen and oxygen atoms in total. The van der Waals surface area contributed by atoms with Crippen molar-refractivity contribution in [3.05, 3.63) is 107 Å². The molecule has 0 saturated heterocycles. The Morgan fingerprint density at radius 3 is 1.98 bits per heavy atom. The van der Waals surface area contributed by atoms with Gasteiger partial charge in [-0.1, -0.05) is 48.5 Å². The van der Waals surface area contributed by atoms with Crippen molar-refractivity contribution < 1.29 is 53.3 Å². The predicted octanol–water partition coefficient (Wildman–Crippen LogP) is 0.905. The van der Waals surface area contributed by atoms with Gasteiger partial charge in [0.25, 0.3) is 0 Å². The Morgan fingerprint density at radius 1 is 0.925 bits per heavy atom. The van der Waals surface area contributed by atoms with Crippen LogP contribution in [0.25, 0.3) is 0 Å². The van der Waals surface area contributed by atoms with Crippen LogP contribution in [0.2, 0.25) is 0 Å². The molecule has 0 spiro atoms. The van der Waals surface area contributed by atoms with Crippen molar-refractivity contribution in [3.8, 4) is 0 Å². The van der Waals surface area contributed by atoms with Crippen LogP contribution in [0.3, 0.4) is 0 Å². The number of halogens is 1. The second-order valence-corrected chi connectivity index (χ2v) is 8.61. The van der Waals surface area contributed by atoms with E-state index in [0.29, 0.717) is 6.61 Å². The van der Waals surface area contributed by atoms with E-state index >= 15 is 0 Å². The Bertz CT molecular complexity index is 1250. The first-order chi connectivity index (χ1) is 19.2. The van der Waals surface area contributed by atoms with E-state index in [9.17, 15) is 33.8 Å². The molecular formula is C29H28FNO9. The number of benzene rings is 3. The molecule has 0 radical (unpaired) electrons. The molecule has 1 heterocycles. The third-order valence-electron chi connectivity index (χ3n) is 5.84. The fraction of sp³-hybridized carbons (Fsp3) is 0.241. The van der Waals surface area contributed by atoms with E-state index in [4.69, 9.17) is 14.2 Å². The van der Waals surface area contributed by atoms with Gasteiger partial charge in [-0.25, -0.2) is 18.8 Å². The van der Waals surface area contributed by atoms with Crippen LogP contribution in [0.15, 0.2) is 78.9 Å². The molecule has 40 heavy (non-hydrogen) atoms. The maximum atomic E-state index is 13.6. The maximum Gasteiger partial charge on any atom is 0.349 e. The predicted molar refractivity (Wildman–Crippen MR) is 135 cm³/mol. The Morgan fingerprint density at radius 2 is 1.48 bits per heavy atom. The lowest BCUT2D eigenvalue weighted by molar-refractivity contribution is -0.635. The Hall–Kier alpha value is -4.61. The highest BCUT2D eigenvalue weighted by Crippen LogP contribution is 2.28. The van der Waals surface area contributed by atoms with Crippen LogP contribution in [-0.4, -0.2) is 61.4 Å². The van der Waals surface area contributed by atoms with Gasteiger partial charge in [0, 0.05) is 5.56 Å². The van der Waals surface area contributed by atoms with Crippen LogP contribution in [0.4, 0.5) is 4.39 Å². The van der Waals surface area contributed by atoms with E-state index in [1.165, 1.54) is 54.6 Å². The average Bonchev–Trinajstić information content (AvgIpc) is 2.96. The van der Waals surface area contributed by atoms with Crippen molar-refractivity contribution in [1.82, 2.24) is 0 Å². The average molecular weight is 554 g/mol. The minimum absolute atomic E-state index is 0.00252. The number of carboxylic acid groups (broad SMARTS) is 2. The van der Waals surface area contributed by atoms with Gasteiger partial charge in [-0.3, -0.25) is 0 Å². The molecule has 210 valence electrons. The smallest absolute Gasteiger partial charge is 0.349 e. The number of quaternary nitrogens is 1. The first kappa shape index (κ1) is 29.9. The molecule has 3 N–H and O–H groups in total. The first-order valence-corrected chi connectivity index (χ1v) is 12.3. The van der Waals surface area contributed by atoms with Crippen molar-refractivity contribution in [3.63, 3.8) is 0 Å². The fourth-order valence-corrected chi connectivity index (χ4v) is 3.95. The summed E-state index contributed by atoms with van der Waals surface area (Å²) in [6.07, 6.45) is -3.86. The third-order valence-corrected chi connectivity index (χ3v) is 5.84. The molecule has 0 amide bonds. The zero-order chi connectivity index (χ0) is 29.1. The van der Waals surface area contributed by atoms with Crippen LogP contribution in [-0.2, 0) is 30.2 Å². The summed E-state index contributed by atoms with van der Waals surface area (Å²) in [6.45, 7) is 1.49.